The van der Waals surface area contributed by atoms with Crippen molar-refractivity contribution in [3.8, 4) is 23.3 Å². The first-order valence-corrected chi connectivity index (χ1v) is 6.23. The summed E-state index contributed by atoms with van der Waals surface area (Å²) in [5.41, 5.74) is -0.540. The van der Waals surface area contributed by atoms with Crippen molar-refractivity contribution in [1.82, 2.24) is 19.1 Å². The standard InChI is InChI=1S/C13H11N5O4.Na/c1-16-9-8(10(19)17(2)13(16)22)14-12(15-9)18-5-3-4-7(6-18)11(20)21;/h3-6H,1-2H3,(H-,14,15,19,20,21);/q;+1/p-1. The second kappa shape index (κ2) is 6.11. The van der Waals surface area contributed by atoms with Crippen molar-refractivity contribution in [3.05, 3.63) is 40.6 Å². The largest absolute Gasteiger partial charge is 1.00 e. The molecule has 0 aromatic carbocycles. The van der Waals surface area contributed by atoms with Gasteiger partial charge in [-0.2, -0.15) is 0 Å². The van der Waals surface area contributed by atoms with E-state index in [-0.39, 0.29) is 52.6 Å². The molecular weight excluding hydrogens is 313 g/mol. The minimum Gasteiger partial charge on any atom is -0.857 e. The summed E-state index contributed by atoms with van der Waals surface area (Å²) in [6, 6.07) is 2.85. The van der Waals surface area contributed by atoms with Crippen molar-refractivity contribution in [2.24, 2.45) is 14.1 Å². The first kappa shape index (κ1) is 17.1. The molecule has 0 bridgehead atoms. The van der Waals surface area contributed by atoms with Gasteiger partial charge in [0.25, 0.3) is 5.82 Å². The molecule has 3 rings (SSSR count). The molecule has 0 spiro atoms. The molecule has 0 N–H and O–H groups in total. The van der Waals surface area contributed by atoms with Gasteiger partial charge in [0.05, 0.1) is 18.4 Å². The van der Waals surface area contributed by atoms with Gasteiger partial charge in [-0.15, -0.1) is 0 Å². The van der Waals surface area contributed by atoms with Gasteiger partial charge in [-0.3, -0.25) is 4.57 Å². The molecule has 0 radical (unpaired) electrons. The number of hydrogen-bond acceptors (Lipinski definition) is 6. The van der Waals surface area contributed by atoms with E-state index in [1.165, 1.54) is 47.8 Å². The number of nitrogens with zero attached hydrogens (tertiary/aromatic N) is 5. The third kappa shape index (κ3) is 2.74. The molecule has 10 heteroatoms. The van der Waals surface area contributed by atoms with Gasteiger partial charge in [0.1, 0.15) is 0 Å². The monoisotopic (exact) mass is 323 g/mol. The normalized spacial score (nSPS) is 10.5. The maximum absolute atomic E-state index is 12.1. The first-order valence-electron chi connectivity index (χ1n) is 6.23. The van der Waals surface area contributed by atoms with E-state index in [1.807, 2.05) is 0 Å². The Morgan fingerprint density at radius 3 is 2.61 bits per heavy atom. The molecule has 0 aliphatic carbocycles. The summed E-state index contributed by atoms with van der Waals surface area (Å²) in [4.78, 5) is 31.0. The van der Waals surface area contributed by atoms with Crippen LogP contribution in [0.3, 0.4) is 0 Å². The van der Waals surface area contributed by atoms with Crippen molar-refractivity contribution in [1.29, 1.82) is 0 Å². The number of aromatic carboxylic acids is 1. The molecule has 9 nitrogen and oxygen atoms in total. The van der Waals surface area contributed by atoms with Crippen LogP contribution in [0.1, 0.15) is 10.4 Å². The van der Waals surface area contributed by atoms with Crippen molar-refractivity contribution >= 4 is 5.97 Å². The van der Waals surface area contributed by atoms with Gasteiger partial charge in [-0.25, -0.2) is 9.36 Å². The van der Waals surface area contributed by atoms with Crippen LogP contribution < -0.4 is 50.0 Å². The number of imidazole rings is 1. The minimum absolute atomic E-state index is 0. The number of aromatic nitrogens is 5. The van der Waals surface area contributed by atoms with E-state index in [4.69, 9.17) is 0 Å². The van der Waals surface area contributed by atoms with Crippen LogP contribution in [0.25, 0.3) is 17.5 Å². The number of pyridine rings is 1. The van der Waals surface area contributed by atoms with Gasteiger partial charge in [-0.05, 0) is 17.1 Å². The molecule has 0 saturated carbocycles. The Balaban J connectivity index is 0.00000192. The van der Waals surface area contributed by atoms with Crippen LogP contribution in [-0.2, 0) is 14.1 Å². The molecule has 2 aliphatic heterocycles. The molecule has 0 saturated heterocycles. The van der Waals surface area contributed by atoms with Crippen LogP contribution in [0.2, 0.25) is 0 Å². The van der Waals surface area contributed by atoms with Gasteiger partial charge in [0.15, 0.2) is 0 Å². The zero-order valence-electron chi connectivity index (χ0n) is 12.7. The number of fused-ring (bicyclic) bond motifs is 1. The van der Waals surface area contributed by atoms with Crippen molar-refractivity contribution in [2.45, 2.75) is 0 Å². The molecule has 0 fully saturated rings. The summed E-state index contributed by atoms with van der Waals surface area (Å²) < 4.78 is 3.48. The number of hydrogen-bond donors (Lipinski definition) is 0. The predicted octanol–water partition coefficient (Wildman–Crippen LogP) is -5.66. The first-order chi connectivity index (χ1) is 10.4. The van der Waals surface area contributed by atoms with Crippen LogP contribution in [-0.4, -0.2) is 25.1 Å². The molecule has 3 heterocycles. The van der Waals surface area contributed by atoms with Crippen molar-refractivity contribution < 1.29 is 49.1 Å². The Hall–Kier alpha value is -2.23. The summed E-state index contributed by atoms with van der Waals surface area (Å²) in [7, 11) is 2.83. The number of carboxylic acids is 1. The van der Waals surface area contributed by atoms with Gasteiger partial charge >= 0.3 is 41.2 Å². The quantitative estimate of drug-likeness (QED) is 0.342. The van der Waals surface area contributed by atoms with Crippen molar-refractivity contribution in [2.75, 3.05) is 0 Å². The summed E-state index contributed by atoms with van der Waals surface area (Å²) >= 11 is 0. The van der Waals surface area contributed by atoms with Crippen molar-refractivity contribution in [3.63, 3.8) is 0 Å². The molecule has 2 aliphatic rings. The Kier molecular flexibility index (Phi) is 4.55. The SMILES string of the molecule is Cn1c2nc(-[n+]3cccc(C(=O)[O-])c3)nc-2c([O-])n(C)c1=O.[Na+]. The number of carbonyl (C=O) groups excluding carboxylic acids is 1. The van der Waals surface area contributed by atoms with Crippen LogP contribution in [0, 0.1) is 0 Å². The third-order valence-electron chi connectivity index (χ3n) is 3.30. The van der Waals surface area contributed by atoms with E-state index in [0.29, 0.717) is 0 Å². The maximum Gasteiger partial charge on any atom is 1.00 e. The van der Waals surface area contributed by atoms with E-state index < -0.39 is 17.5 Å². The number of carbonyl (C=O) groups is 1. The molecule has 23 heavy (non-hydrogen) atoms. The smallest absolute Gasteiger partial charge is 0.857 e. The van der Waals surface area contributed by atoms with Crippen LogP contribution in [0.5, 0.6) is 5.88 Å². The average Bonchev–Trinajstić information content (AvgIpc) is 2.96. The van der Waals surface area contributed by atoms with Crippen LogP contribution in [0.4, 0.5) is 0 Å². The molecular formula is C13H10N5NaO4. The van der Waals surface area contributed by atoms with E-state index >= 15 is 0 Å². The fourth-order valence-corrected chi connectivity index (χ4v) is 2.10. The van der Waals surface area contributed by atoms with Crippen LogP contribution >= 0.6 is 0 Å². The summed E-state index contributed by atoms with van der Waals surface area (Å²) in [6.45, 7) is 0. The predicted molar refractivity (Wildman–Crippen MR) is 68.2 cm³/mol. The Bertz CT molecular complexity index is 933. The second-order valence-corrected chi connectivity index (χ2v) is 4.69. The Labute approximate surface area is 152 Å². The van der Waals surface area contributed by atoms with Gasteiger partial charge in [0, 0.05) is 25.5 Å². The van der Waals surface area contributed by atoms with E-state index in [9.17, 15) is 19.8 Å². The molecule has 0 atom stereocenters. The summed E-state index contributed by atoms with van der Waals surface area (Å²) in [6.07, 6.45) is 2.80. The van der Waals surface area contributed by atoms with E-state index in [1.54, 1.807) is 0 Å². The molecule has 0 unspecified atom stereocenters. The fraction of sp³-hybridized carbons (Fsp3) is 0.154. The number of carboxylic acid groups (broad SMARTS) is 1. The molecule has 0 amide bonds. The zero-order chi connectivity index (χ0) is 16.0. The molecule has 112 valence electrons. The maximum atomic E-state index is 12.1. The molecule has 1 aromatic heterocycles. The van der Waals surface area contributed by atoms with Gasteiger partial charge in [0.2, 0.25) is 5.69 Å². The Morgan fingerprint density at radius 1 is 1.26 bits per heavy atom. The number of rotatable bonds is 2. The second-order valence-electron chi connectivity index (χ2n) is 4.69. The average molecular weight is 323 g/mol. The fourth-order valence-electron chi connectivity index (χ4n) is 2.10. The summed E-state index contributed by atoms with van der Waals surface area (Å²) in [5.74, 6) is -1.67. The van der Waals surface area contributed by atoms with Gasteiger partial charge < -0.3 is 19.6 Å². The Morgan fingerprint density at radius 2 is 1.96 bits per heavy atom. The minimum atomic E-state index is -1.34. The van der Waals surface area contributed by atoms with Crippen LogP contribution in [0.15, 0.2) is 29.3 Å². The van der Waals surface area contributed by atoms with E-state index in [2.05, 4.69) is 9.97 Å². The zero-order valence-corrected chi connectivity index (χ0v) is 14.7. The summed E-state index contributed by atoms with van der Waals surface area (Å²) in [5, 5.41) is 22.9. The topological polar surface area (TPSA) is 120 Å². The molecule has 1 aromatic rings. The van der Waals surface area contributed by atoms with E-state index in [0.717, 1.165) is 4.57 Å². The van der Waals surface area contributed by atoms with Gasteiger partial charge in [-0.1, -0.05) is 4.98 Å². The third-order valence-corrected chi connectivity index (χ3v) is 3.30.